The third kappa shape index (κ3) is 7.96. The van der Waals surface area contributed by atoms with Gasteiger partial charge in [0.1, 0.15) is 0 Å². The second-order valence-corrected chi connectivity index (χ2v) is 7.27. The maximum Gasteiger partial charge on any atom is 0.277 e. The fourth-order valence-corrected chi connectivity index (χ4v) is 3.25. The molecule has 0 saturated carbocycles. The van der Waals surface area contributed by atoms with Crippen molar-refractivity contribution < 1.29 is 10.0 Å². The minimum atomic E-state index is -0.363. The van der Waals surface area contributed by atoms with Gasteiger partial charge in [0.2, 0.25) is 0 Å². The smallest absolute Gasteiger partial charge is 0.277 e. The van der Waals surface area contributed by atoms with Gasteiger partial charge < -0.3 is 0 Å². The van der Waals surface area contributed by atoms with Crippen LogP contribution in [0.15, 0.2) is 54.6 Å². The molecule has 0 aliphatic rings. The number of benzene rings is 2. The highest BCUT2D eigenvalue weighted by atomic mass is 16.5. The molecule has 3 nitrogen and oxygen atoms in total. The molecule has 27 heavy (non-hydrogen) atoms. The quantitative estimate of drug-likeness (QED) is 0.268. The highest BCUT2D eigenvalue weighted by Gasteiger charge is 2.13. The van der Waals surface area contributed by atoms with Crippen molar-refractivity contribution in [1.82, 2.24) is 5.06 Å². The molecule has 3 heteroatoms. The maximum atomic E-state index is 12.3. The Bertz CT molecular complexity index is 652. The van der Waals surface area contributed by atoms with E-state index in [-0.39, 0.29) is 12.5 Å². The number of aryl methyl sites for hydroxylation is 1. The highest BCUT2D eigenvalue weighted by Crippen LogP contribution is 2.14. The van der Waals surface area contributed by atoms with E-state index in [1.807, 2.05) is 54.6 Å². The molecule has 0 aliphatic carbocycles. The first-order valence-corrected chi connectivity index (χ1v) is 10.3. The molecular formula is C24H33NO2. The number of unbranched alkanes of at least 4 members (excludes halogenated alkanes) is 7. The molecule has 0 spiro atoms. The Morgan fingerprint density at radius 2 is 1.37 bits per heavy atom. The minimum Gasteiger partial charge on any atom is -0.285 e. The molecule has 0 saturated heterocycles. The van der Waals surface area contributed by atoms with Gasteiger partial charge in [-0.05, 0) is 36.1 Å². The van der Waals surface area contributed by atoms with Gasteiger partial charge in [-0.2, -0.15) is 0 Å². The lowest BCUT2D eigenvalue weighted by molar-refractivity contribution is -0.0648. The SMILES string of the molecule is CCCCCCCCCCc1ccc(C(=O)N(O)Cc2ccccc2)cc1. The summed E-state index contributed by atoms with van der Waals surface area (Å²) in [5.74, 6) is -0.363. The Hall–Kier alpha value is -2.13. The van der Waals surface area contributed by atoms with E-state index in [4.69, 9.17) is 0 Å². The number of hydrogen-bond acceptors (Lipinski definition) is 2. The molecule has 2 aromatic rings. The van der Waals surface area contributed by atoms with Gasteiger partial charge in [0.25, 0.3) is 5.91 Å². The number of amides is 1. The Labute approximate surface area is 164 Å². The van der Waals surface area contributed by atoms with Crippen molar-refractivity contribution in [3.63, 3.8) is 0 Å². The second kappa shape index (κ2) is 12.3. The third-order valence-electron chi connectivity index (χ3n) is 4.93. The van der Waals surface area contributed by atoms with Crippen LogP contribution < -0.4 is 0 Å². The Morgan fingerprint density at radius 1 is 0.778 bits per heavy atom. The van der Waals surface area contributed by atoms with Crippen LogP contribution in [0.25, 0.3) is 0 Å². The minimum absolute atomic E-state index is 0.194. The Kier molecular flexibility index (Phi) is 9.64. The normalized spacial score (nSPS) is 10.7. The molecule has 2 aromatic carbocycles. The fraction of sp³-hybridized carbons (Fsp3) is 0.458. The summed E-state index contributed by atoms with van der Waals surface area (Å²) < 4.78 is 0. The molecule has 0 fully saturated rings. The molecule has 1 amide bonds. The second-order valence-electron chi connectivity index (χ2n) is 7.27. The first-order chi connectivity index (χ1) is 13.2. The zero-order valence-corrected chi connectivity index (χ0v) is 16.6. The molecular weight excluding hydrogens is 334 g/mol. The number of hydroxylamine groups is 2. The highest BCUT2D eigenvalue weighted by molar-refractivity contribution is 5.93. The zero-order valence-electron chi connectivity index (χ0n) is 16.6. The molecule has 0 radical (unpaired) electrons. The first kappa shape index (κ1) is 21.2. The lowest BCUT2D eigenvalue weighted by Gasteiger charge is -2.15. The molecule has 0 heterocycles. The van der Waals surface area contributed by atoms with Gasteiger partial charge in [-0.25, -0.2) is 5.06 Å². The molecule has 0 aromatic heterocycles. The topological polar surface area (TPSA) is 40.5 Å². The van der Waals surface area contributed by atoms with Crippen LogP contribution in [-0.4, -0.2) is 16.2 Å². The number of carbonyl (C=O) groups excluding carboxylic acids is 1. The van der Waals surface area contributed by atoms with Crippen molar-refractivity contribution in [3.05, 3.63) is 71.3 Å². The monoisotopic (exact) mass is 367 g/mol. The summed E-state index contributed by atoms with van der Waals surface area (Å²) in [5.41, 5.74) is 2.68. The van der Waals surface area contributed by atoms with Gasteiger partial charge in [0, 0.05) is 5.56 Å². The predicted octanol–water partition coefficient (Wildman–Crippen LogP) is 6.40. The standard InChI is InChI=1S/C24H33NO2/c1-2-3-4-5-6-7-8-10-13-21-16-18-23(19-17-21)24(26)25(27)20-22-14-11-9-12-15-22/h9,11-12,14-19,27H,2-8,10,13,20H2,1H3. The van der Waals surface area contributed by atoms with Crippen molar-refractivity contribution in [3.8, 4) is 0 Å². The van der Waals surface area contributed by atoms with Crippen LogP contribution in [0, 0.1) is 0 Å². The molecule has 2 rings (SSSR count). The molecule has 146 valence electrons. The van der Waals surface area contributed by atoms with Gasteiger partial charge in [-0.3, -0.25) is 10.0 Å². The summed E-state index contributed by atoms with van der Waals surface area (Å²) in [5, 5.41) is 10.8. The summed E-state index contributed by atoms with van der Waals surface area (Å²) in [7, 11) is 0. The molecule has 0 atom stereocenters. The van der Waals surface area contributed by atoms with Gasteiger partial charge in [0.05, 0.1) is 6.54 Å². The van der Waals surface area contributed by atoms with Crippen molar-refractivity contribution in [2.24, 2.45) is 0 Å². The summed E-state index contributed by atoms with van der Waals surface area (Å²) in [6.45, 7) is 2.44. The molecule has 1 N–H and O–H groups in total. The van der Waals surface area contributed by atoms with Crippen molar-refractivity contribution in [1.29, 1.82) is 0 Å². The van der Waals surface area contributed by atoms with Crippen molar-refractivity contribution >= 4 is 5.91 Å². The van der Waals surface area contributed by atoms with E-state index in [0.717, 1.165) is 17.0 Å². The van der Waals surface area contributed by atoms with E-state index in [2.05, 4.69) is 6.92 Å². The van der Waals surface area contributed by atoms with Gasteiger partial charge in [0.15, 0.2) is 0 Å². The number of rotatable bonds is 12. The van der Waals surface area contributed by atoms with Crippen molar-refractivity contribution in [2.45, 2.75) is 71.3 Å². The largest absolute Gasteiger partial charge is 0.285 e. The third-order valence-corrected chi connectivity index (χ3v) is 4.93. The van der Waals surface area contributed by atoms with E-state index in [0.29, 0.717) is 5.56 Å². The van der Waals surface area contributed by atoms with Crippen LogP contribution in [0.1, 0.15) is 79.8 Å². The zero-order chi connectivity index (χ0) is 19.3. The van der Waals surface area contributed by atoms with Gasteiger partial charge in [-0.1, -0.05) is 94.3 Å². The van der Waals surface area contributed by atoms with Crippen LogP contribution in [0.2, 0.25) is 0 Å². The number of hydrogen-bond donors (Lipinski definition) is 1. The van der Waals surface area contributed by atoms with Crippen LogP contribution in [0.5, 0.6) is 0 Å². The number of carbonyl (C=O) groups is 1. The lowest BCUT2D eigenvalue weighted by atomic mass is 10.0. The summed E-state index contributed by atoms with van der Waals surface area (Å²) in [6, 6.07) is 17.1. The van der Waals surface area contributed by atoms with Crippen molar-refractivity contribution in [2.75, 3.05) is 0 Å². The fourth-order valence-electron chi connectivity index (χ4n) is 3.25. The Balaban J connectivity index is 1.70. The van der Waals surface area contributed by atoms with Crippen LogP contribution in [0.4, 0.5) is 0 Å². The Morgan fingerprint density at radius 3 is 2.00 bits per heavy atom. The van der Waals surface area contributed by atoms with E-state index >= 15 is 0 Å². The van der Waals surface area contributed by atoms with E-state index in [9.17, 15) is 10.0 Å². The van der Waals surface area contributed by atoms with E-state index < -0.39 is 0 Å². The predicted molar refractivity (Wildman–Crippen MR) is 111 cm³/mol. The van der Waals surface area contributed by atoms with E-state index in [1.165, 1.54) is 56.9 Å². The van der Waals surface area contributed by atoms with E-state index in [1.54, 1.807) is 0 Å². The summed E-state index contributed by atoms with van der Waals surface area (Å²) in [6.07, 6.45) is 11.6. The summed E-state index contributed by atoms with van der Waals surface area (Å²) in [4.78, 5) is 12.3. The van der Waals surface area contributed by atoms with Crippen LogP contribution in [0.3, 0.4) is 0 Å². The van der Waals surface area contributed by atoms with Crippen LogP contribution >= 0.6 is 0 Å². The van der Waals surface area contributed by atoms with Gasteiger partial charge >= 0.3 is 0 Å². The average molecular weight is 368 g/mol. The van der Waals surface area contributed by atoms with Gasteiger partial charge in [-0.15, -0.1) is 0 Å². The van der Waals surface area contributed by atoms with Crippen LogP contribution in [-0.2, 0) is 13.0 Å². The molecule has 0 aliphatic heterocycles. The maximum absolute atomic E-state index is 12.3. The lowest BCUT2D eigenvalue weighted by Crippen LogP contribution is -2.26. The number of nitrogens with zero attached hydrogens (tertiary/aromatic N) is 1. The molecule has 0 unspecified atom stereocenters. The summed E-state index contributed by atoms with van der Waals surface area (Å²) >= 11 is 0. The molecule has 0 bridgehead atoms. The average Bonchev–Trinajstić information content (AvgIpc) is 2.70. The first-order valence-electron chi connectivity index (χ1n) is 10.3.